The highest BCUT2D eigenvalue weighted by Crippen LogP contribution is 2.37. The van der Waals surface area contributed by atoms with Gasteiger partial charge >= 0.3 is 0 Å². The fourth-order valence-corrected chi connectivity index (χ4v) is 2.80. The van der Waals surface area contributed by atoms with Crippen LogP contribution in [0.1, 0.15) is 6.92 Å². The molecule has 1 atom stereocenters. The van der Waals surface area contributed by atoms with Gasteiger partial charge in [-0.3, -0.25) is 0 Å². The molecule has 0 radical (unpaired) electrons. The van der Waals surface area contributed by atoms with Gasteiger partial charge in [-0.05, 0) is 13.0 Å². The quantitative estimate of drug-likeness (QED) is 0.877. The number of fused-ring (bicyclic) bond motifs is 1. The zero-order valence-corrected chi connectivity index (χ0v) is 13.4. The van der Waals surface area contributed by atoms with Crippen molar-refractivity contribution < 1.29 is 13.9 Å². The van der Waals surface area contributed by atoms with Crippen LogP contribution >= 0.6 is 0 Å². The molecule has 8 heteroatoms. The summed E-state index contributed by atoms with van der Waals surface area (Å²) in [6.45, 7) is 4.43. The first kappa shape index (κ1) is 15.5. The third kappa shape index (κ3) is 2.59. The summed E-state index contributed by atoms with van der Waals surface area (Å²) in [6, 6.07) is 1.79. The molecule has 3 N–H and O–H groups in total. The number of rotatable bonds is 3. The minimum Gasteiger partial charge on any atom is -0.493 e. The zero-order chi connectivity index (χ0) is 16.6. The summed E-state index contributed by atoms with van der Waals surface area (Å²) in [6.07, 6.45) is 0. The minimum atomic E-state index is -0.597. The number of anilines is 2. The van der Waals surface area contributed by atoms with Gasteiger partial charge in [0.2, 0.25) is 5.95 Å². The summed E-state index contributed by atoms with van der Waals surface area (Å²) in [5, 5.41) is 3.70. The van der Waals surface area contributed by atoms with Gasteiger partial charge in [0.25, 0.3) is 0 Å². The van der Waals surface area contributed by atoms with Crippen LogP contribution < -0.4 is 25.4 Å². The molecule has 1 aromatic heterocycles. The second-order valence-corrected chi connectivity index (χ2v) is 5.48. The lowest BCUT2D eigenvalue weighted by Gasteiger charge is -2.34. The monoisotopic (exact) mass is 321 g/mol. The van der Waals surface area contributed by atoms with Crippen LogP contribution in [0.15, 0.2) is 6.07 Å². The van der Waals surface area contributed by atoms with Crippen molar-refractivity contribution in [1.82, 2.24) is 15.3 Å². The Morgan fingerprint density at radius 1 is 1.35 bits per heavy atom. The van der Waals surface area contributed by atoms with Crippen LogP contribution in [0, 0.1) is 5.82 Å². The molecular formula is C15H20FN5O2. The maximum absolute atomic E-state index is 14.8. The zero-order valence-electron chi connectivity index (χ0n) is 13.4. The summed E-state index contributed by atoms with van der Waals surface area (Å²) in [5.41, 5.74) is 6.17. The average molecular weight is 321 g/mol. The largest absolute Gasteiger partial charge is 0.493 e. The smallest absolute Gasteiger partial charge is 0.228 e. The molecule has 0 aliphatic carbocycles. The second-order valence-electron chi connectivity index (χ2n) is 5.48. The van der Waals surface area contributed by atoms with Gasteiger partial charge in [0, 0.05) is 31.1 Å². The predicted octanol–water partition coefficient (Wildman–Crippen LogP) is 1.17. The third-order valence-electron chi connectivity index (χ3n) is 4.05. The first-order valence-electron chi connectivity index (χ1n) is 7.41. The number of nitrogen functional groups attached to an aromatic ring is 1. The molecule has 0 saturated carbocycles. The number of benzene rings is 1. The van der Waals surface area contributed by atoms with E-state index in [2.05, 4.69) is 22.2 Å². The van der Waals surface area contributed by atoms with Gasteiger partial charge in [0.05, 0.1) is 14.2 Å². The molecule has 1 aliphatic heterocycles. The Morgan fingerprint density at radius 2 is 2.13 bits per heavy atom. The van der Waals surface area contributed by atoms with Gasteiger partial charge in [0.15, 0.2) is 17.3 Å². The normalized spacial score (nSPS) is 18.3. The van der Waals surface area contributed by atoms with E-state index in [0.717, 1.165) is 19.6 Å². The number of hydrogen-bond donors (Lipinski definition) is 2. The third-order valence-corrected chi connectivity index (χ3v) is 4.05. The lowest BCUT2D eigenvalue weighted by atomic mass is 10.2. The Balaban J connectivity index is 2.18. The Morgan fingerprint density at radius 3 is 2.78 bits per heavy atom. The molecule has 1 fully saturated rings. The van der Waals surface area contributed by atoms with Gasteiger partial charge in [-0.15, -0.1) is 0 Å². The maximum atomic E-state index is 14.8. The number of nitrogens with zero attached hydrogens (tertiary/aromatic N) is 3. The van der Waals surface area contributed by atoms with Crippen LogP contribution in [-0.2, 0) is 0 Å². The number of methoxy groups -OCH3 is 2. The highest BCUT2D eigenvalue weighted by molar-refractivity contribution is 5.92. The number of aromatic nitrogens is 2. The first-order valence-corrected chi connectivity index (χ1v) is 7.41. The van der Waals surface area contributed by atoms with Crippen molar-refractivity contribution in [1.29, 1.82) is 0 Å². The molecule has 0 bridgehead atoms. The molecule has 23 heavy (non-hydrogen) atoms. The first-order chi connectivity index (χ1) is 11.1. The van der Waals surface area contributed by atoms with Crippen molar-refractivity contribution in [3.8, 4) is 11.5 Å². The van der Waals surface area contributed by atoms with E-state index >= 15 is 0 Å². The van der Waals surface area contributed by atoms with E-state index in [4.69, 9.17) is 15.2 Å². The highest BCUT2D eigenvalue weighted by Gasteiger charge is 2.24. The van der Waals surface area contributed by atoms with Crippen LogP contribution in [0.3, 0.4) is 0 Å². The lowest BCUT2D eigenvalue weighted by Crippen LogP contribution is -2.50. The molecule has 124 valence electrons. The minimum absolute atomic E-state index is 0.0115. The van der Waals surface area contributed by atoms with Gasteiger partial charge in [-0.25, -0.2) is 9.37 Å². The fourth-order valence-electron chi connectivity index (χ4n) is 2.80. The lowest BCUT2D eigenvalue weighted by molar-refractivity contribution is 0.339. The maximum Gasteiger partial charge on any atom is 0.228 e. The van der Waals surface area contributed by atoms with E-state index in [9.17, 15) is 4.39 Å². The van der Waals surface area contributed by atoms with E-state index in [-0.39, 0.29) is 28.9 Å². The Labute approximate surface area is 133 Å². The van der Waals surface area contributed by atoms with Crippen molar-refractivity contribution in [3.63, 3.8) is 0 Å². The van der Waals surface area contributed by atoms with E-state index < -0.39 is 5.82 Å². The van der Waals surface area contributed by atoms with Crippen molar-refractivity contribution in [2.75, 3.05) is 44.5 Å². The van der Waals surface area contributed by atoms with Crippen molar-refractivity contribution >= 4 is 22.7 Å². The van der Waals surface area contributed by atoms with Gasteiger partial charge in [0.1, 0.15) is 11.3 Å². The van der Waals surface area contributed by atoms with Crippen LogP contribution in [0.5, 0.6) is 11.5 Å². The van der Waals surface area contributed by atoms with Crippen molar-refractivity contribution in [2.24, 2.45) is 0 Å². The molecule has 2 heterocycles. The van der Waals surface area contributed by atoms with Crippen molar-refractivity contribution in [3.05, 3.63) is 11.9 Å². The topological polar surface area (TPSA) is 85.5 Å². The molecule has 1 unspecified atom stereocenters. The molecule has 0 amide bonds. The van der Waals surface area contributed by atoms with Gasteiger partial charge in [-0.1, -0.05) is 0 Å². The summed E-state index contributed by atoms with van der Waals surface area (Å²) < 4.78 is 25.0. The molecule has 7 nitrogen and oxygen atoms in total. The van der Waals surface area contributed by atoms with Gasteiger partial charge < -0.3 is 25.4 Å². The summed E-state index contributed by atoms with van der Waals surface area (Å²) in [4.78, 5) is 10.8. The number of nitrogens with two attached hydrogens (primary N) is 1. The van der Waals surface area contributed by atoms with E-state index in [1.165, 1.54) is 14.2 Å². The van der Waals surface area contributed by atoms with Crippen LogP contribution in [0.4, 0.5) is 16.2 Å². The SMILES string of the molecule is COc1cc2c(N)nc(N3CCNCC3C)nc2c(F)c1OC. The predicted molar refractivity (Wildman–Crippen MR) is 86.7 cm³/mol. The molecule has 1 aliphatic rings. The number of ether oxygens (including phenoxy) is 2. The van der Waals surface area contributed by atoms with E-state index in [1.807, 2.05) is 4.90 Å². The van der Waals surface area contributed by atoms with Crippen molar-refractivity contribution in [2.45, 2.75) is 13.0 Å². The molecule has 0 spiro atoms. The number of halogens is 1. The highest BCUT2D eigenvalue weighted by atomic mass is 19.1. The molecular weight excluding hydrogens is 301 g/mol. The summed E-state index contributed by atoms with van der Waals surface area (Å²) in [5.74, 6) is 0.319. The standard InChI is InChI=1S/C15H20FN5O2/c1-8-7-18-4-5-21(8)15-19-12-9(14(17)20-15)6-10(22-2)13(23-3)11(12)16/h6,8,18H,4-5,7H2,1-3H3,(H2,17,19,20). The Hall–Kier alpha value is -2.35. The number of hydrogen-bond acceptors (Lipinski definition) is 7. The number of piperazine rings is 1. The molecule has 1 saturated heterocycles. The molecule has 1 aromatic carbocycles. The molecule has 3 rings (SSSR count). The summed E-state index contributed by atoms with van der Waals surface area (Å²) >= 11 is 0. The second kappa shape index (κ2) is 6.04. The van der Waals surface area contributed by atoms with Crippen LogP contribution in [0.2, 0.25) is 0 Å². The molecule has 2 aromatic rings. The van der Waals surface area contributed by atoms with Gasteiger partial charge in [-0.2, -0.15) is 4.98 Å². The van der Waals surface area contributed by atoms with Crippen LogP contribution in [-0.4, -0.2) is 49.9 Å². The number of nitrogens with one attached hydrogen (secondary N) is 1. The summed E-state index contributed by atoms with van der Waals surface area (Å²) in [7, 11) is 2.83. The van der Waals surface area contributed by atoms with E-state index in [1.54, 1.807) is 6.07 Å². The fraction of sp³-hybridized carbons (Fsp3) is 0.467. The van der Waals surface area contributed by atoms with E-state index in [0.29, 0.717) is 11.3 Å². The average Bonchev–Trinajstić information content (AvgIpc) is 2.55. The Bertz CT molecular complexity index is 740. The Kier molecular flexibility index (Phi) is 4.08. The van der Waals surface area contributed by atoms with Crippen LogP contribution in [0.25, 0.3) is 10.9 Å².